The van der Waals surface area contributed by atoms with E-state index < -0.39 is 5.97 Å². The van der Waals surface area contributed by atoms with Gasteiger partial charge in [-0.3, -0.25) is 0 Å². The zero-order valence-electron chi connectivity index (χ0n) is 24.6. The molecular formula is C32H38N8O2. The molecular weight excluding hydrogens is 528 g/mol. The highest BCUT2D eigenvalue weighted by Gasteiger charge is 2.25. The third kappa shape index (κ3) is 6.35. The summed E-state index contributed by atoms with van der Waals surface area (Å²) in [6.07, 6.45) is 7.41. The van der Waals surface area contributed by atoms with Crippen molar-refractivity contribution >= 4 is 34.8 Å². The standard InChI is InChI=1S/C32H38N8O2/c1-4-42-31(41)27-17-26(23-19-35-32(36-20-23)40-14-10-22(18-33)11-15-40)28(29(34)21(2)3)30(38-27)37-24-8-7-9-25(16-24)39-12-5-6-13-39/h7-9,16-17,19-22,34H,4-6,10-15H2,1-3H3,(H,37,38). The van der Waals surface area contributed by atoms with Gasteiger partial charge < -0.3 is 25.3 Å². The van der Waals surface area contributed by atoms with Crippen LogP contribution in [0.25, 0.3) is 11.1 Å². The Hall–Kier alpha value is -4.52. The smallest absolute Gasteiger partial charge is 0.357 e. The van der Waals surface area contributed by atoms with Gasteiger partial charge in [-0.15, -0.1) is 0 Å². The number of aromatic nitrogens is 3. The predicted octanol–water partition coefficient (Wildman–Crippen LogP) is 5.82. The first-order valence-electron chi connectivity index (χ1n) is 14.8. The average Bonchev–Trinajstić information content (AvgIpc) is 3.56. The molecule has 2 aliphatic rings. The molecule has 42 heavy (non-hydrogen) atoms. The first kappa shape index (κ1) is 29.0. The van der Waals surface area contributed by atoms with Crippen molar-refractivity contribution in [1.29, 1.82) is 10.7 Å². The minimum Gasteiger partial charge on any atom is -0.461 e. The van der Waals surface area contributed by atoms with E-state index in [4.69, 9.17) is 15.1 Å². The van der Waals surface area contributed by atoms with Crippen LogP contribution in [0, 0.1) is 28.6 Å². The van der Waals surface area contributed by atoms with Crippen LogP contribution < -0.4 is 15.1 Å². The maximum atomic E-state index is 13.0. The number of rotatable bonds is 9. The molecule has 1 aromatic carbocycles. The van der Waals surface area contributed by atoms with Gasteiger partial charge in [0.25, 0.3) is 0 Å². The molecule has 4 heterocycles. The van der Waals surface area contributed by atoms with Crippen LogP contribution in [-0.2, 0) is 4.74 Å². The van der Waals surface area contributed by atoms with Crippen LogP contribution in [0.5, 0.6) is 0 Å². The lowest BCUT2D eigenvalue weighted by molar-refractivity contribution is 0.0519. The van der Waals surface area contributed by atoms with Crippen LogP contribution in [0.3, 0.4) is 0 Å². The van der Waals surface area contributed by atoms with Gasteiger partial charge in [-0.25, -0.2) is 19.7 Å². The molecule has 218 valence electrons. The van der Waals surface area contributed by atoms with Gasteiger partial charge >= 0.3 is 5.97 Å². The minimum atomic E-state index is -0.534. The maximum Gasteiger partial charge on any atom is 0.357 e. The van der Waals surface area contributed by atoms with Crippen LogP contribution in [0.15, 0.2) is 42.7 Å². The van der Waals surface area contributed by atoms with Gasteiger partial charge in [-0.05, 0) is 68.4 Å². The molecule has 2 fully saturated rings. The van der Waals surface area contributed by atoms with E-state index in [9.17, 15) is 10.1 Å². The number of benzene rings is 1. The van der Waals surface area contributed by atoms with Crippen LogP contribution in [0.4, 0.5) is 23.1 Å². The zero-order valence-corrected chi connectivity index (χ0v) is 24.6. The van der Waals surface area contributed by atoms with Crippen LogP contribution >= 0.6 is 0 Å². The molecule has 0 unspecified atom stereocenters. The summed E-state index contributed by atoms with van der Waals surface area (Å²) in [6.45, 7) is 9.43. The Kier molecular flexibility index (Phi) is 8.96. The van der Waals surface area contributed by atoms with Crippen molar-refractivity contribution < 1.29 is 9.53 Å². The summed E-state index contributed by atoms with van der Waals surface area (Å²) in [6, 6.07) is 12.2. The summed E-state index contributed by atoms with van der Waals surface area (Å²) in [5, 5.41) is 21.7. The van der Waals surface area contributed by atoms with E-state index in [-0.39, 0.29) is 24.1 Å². The number of nitrogens with one attached hydrogen (secondary N) is 2. The Morgan fingerprint density at radius 1 is 1.12 bits per heavy atom. The number of carbonyl (C=O) groups excluding carboxylic acids is 1. The number of esters is 1. The van der Waals surface area contributed by atoms with Gasteiger partial charge in [0.15, 0.2) is 5.69 Å². The number of carbonyl (C=O) groups is 1. The number of hydrogen-bond acceptors (Lipinski definition) is 10. The summed E-state index contributed by atoms with van der Waals surface area (Å²) in [5.41, 5.74) is 4.39. The quantitative estimate of drug-likeness (QED) is 0.243. The Balaban J connectivity index is 1.56. The molecule has 2 saturated heterocycles. The van der Waals surface area contributed by atoms with E-state index >= 15 is 0 Å². The van der Waals surface area contributed by atoms with Gasteiger partial charge in [-0.2, -0.15) is 5.26 Å². The number of piperidine rings is 1. The second-order valence-corrected chi connectivity index (χ2v) is 11.1. The molecule has 0 amide bonds. The van der Waals surface area contributed by atoms with E-state index in [0.29, 0.717) is 34.2 Å². The number of hydrogen-bond donors (Lipinski definition) is 2. The Morgan fingerprint density at radius 3 is 2.48 bits per heavy atom. The van der Waals surface area contributed by atoms with Crippen molar-refractivity contribution in [2.75, 3.05) is 47.9 Å². The summed E-state index contributed by atoms with van der Waals surface area (Å²) >= 11 is 0. The lowest BCUT2D eigenvalue weighted by Gasteiger charge is -2.29. The molecule has 0 spiro atoms. The van der Waals surface area contributed by atoms with Crippen molar-refractivity contribution in [3.05, 3.63) is 54.0 Å². The van der Waals surface area contributed by atoms with E-state index in [1.807, 2.05) is 26.0 Å². The first-order valence-corrected chi connectivity index (χ1v) is 14.8. The first-order chi connectivity index (χ1) is 20.4. The van der Waals surface area contributed by atoms with Crippen LogP contribution in [0.2, 0.25) is 0 Å². The molecule has 0 aliphatic carbocycles. The molecule has 2 aromatic heterocycles. The zero-order chi connectivity index (χ0) is 29.6. The SMILES string of the molecule is CCOC(=O)c1cc(-c2cnc(N3CCC(C#N)CC3)nc2)c(C(=N)C(C)C)c(Nc2cccc(N3CCCC3)c2)n1. The second-order valence-electron chi connectivity index (χ2n) is 11.1. The number of pyridine rings is 1. The molecule has 0 radical (unpaired) electrons. The highest BCUT2D eigenvalue weighted by Crippen LogP contribution is 2.34. The van der Waals surface area contributed by atoms with Crippen molar-refractivity contribution in [3.8, 4) is 17.2 Å². The molecule has 0 bridgehead atoms. The Morgan fingerprint density at radius 2 is 1.83 bits per heavy atom. The van der Waals surface area contributed by atoms with Gasteiger partial charge in [0.2, 0.25) is 5.95 Å². The molecule has 2 aliphatic heterocycles. The minimum absolute atomic E-state index is 0.0743. The third-order valence-corrected chi connectivity index (χ3v) is 7.84. The van der Waals surface area contributed by atoms with Crippen molar-refractivity contribution in [3.63, 3.8) is 0 Å². The average molecular weight is 567 g/mol. The van der Waals surface area contributed by atoms with Gasteiger partial charge in [0, 0.05) is 72.7 Å². The fourth-order valence-electron chi connectivity index (χ4n) is 5.46. The number of nitriles is 1. The monoisotopic (exact) mass is 566 g/mol. The van der Waals surface area contributed by atoms with Crippen LogP contribution in [0.1, 0.15) is 62.5 Å². The Labute approximate surface area is 247 Å². The van der Waals surface area contributed by atoms with Crippen molar-refractivity contribution in [1.82, 2.24) is 15.0 Å². The molecule has 5 rings (SSSR count). The fraction of sp³-hybridized carbons (Fsp3) is 0.438. The van der Waals surface area contributed by atoms with E-state index in [1.54, 1.807) is 25.4 Å². The predicted molar refractivity (Wildman–Crippen MR) is 165 cm³/mol. The van der Waals surface area contributed by atoms with Crippen molar-refractivity contribution in [2.45, 2.75) is 46.5 Å². The van der Waals surface area contributed by atoms with E-state index in [0.717, 1.165) is 50.4 Å². The second kappa shape index (κ2) is 13.0. The van der Waals surface area contributed by atoms with Gasteiger partial charge in [0.1, 0.15) is 5.82 Å². The summed E-state index contributed by atoms with van der Waals surface area (Å²) in [4.78, 5) is 31.4. The molecule has 0 saturated carbocycles. The highest BCUT2D eigenvalue weighted by atomic mass is 16.5. The number of anilines is 4. The molecule has 10 heteroatoms. The number of ether oxygens (including phenoxy) is 1. The van der Waals surface area contributed by atoms with Gasteiger partial charge in [0.05, 0.1) is 12.7 Å². The fourth-order valence-corrected chi connectivity index (χ4v) is 5.46. The highest BCUT2D eigenvalue weighted by molar-refractivity contribution is 6.10. The lowest BCUT2D eigenvalue weighted by Crippen LogP contribution is -2.34. The number of nitrogens with zero attached hydrogens (tertiary/aromatic N) is 6. The lowest BCUT2D eigenvalue weighted by atomic mass is 9.92. The van der Waals surface area contributed by atoms with Crippen LogP contribution in [-0.4, -0.2) is 59.4 Å². The molecule has 0 atom stereocenters. The largest absolute Gasteiger partial charge is 0.461 e. The third-order valence-electron chi connectivity index (χ3n) is 7.84. The Bertz CT molecular complexity index is 1470. The van der Waals surface area contributed by atoms with E-state index in [1.165, 1.54) is 12.8 Å². The van der Waals surface area contributed by atoms with E-state index in [2.05, 4.69) is 43.3 Å². The molecule has 3 aromatic rings. The van der Waals surface area contributed by atoms with Gasteiger partial charge in [-0.1, -0.05) is 19.9 Å². The van der Waals surface area contributed by atoms with Crippen molar-refractivity contribution in [2.24, 2.45) is 11.8 Å². The molecule has 2 N–H and O–H groups in total. The summed E-state index contributed by atoms with van der Waals surface area (Å²) in [7, 11) is 0. The normalized spacial score (nSPS) is 15.5. The summed E-state index contributed by atoms with van der Waals surface area (Å²) in [5.74, 6) is 0.457. The topological polar surface area (TPSA) is 131 Å². The maximum absolute atomic E-state index is 13.0. The molecule has 10 nitrogen and oxygen atoms in total. The summed E-state index contributed by atoms with van der Waals surface area (Å²) < 4.78 is 5.32.